The number of thiazole rings is 1. The molecule has 0 spiro atoms. The Bertz CT molecular complexity index is 1550. The number of aliphatic carboxylic acids is 1. The molecule has 4 N–H and O–H groups in total. The molecule has 1 aromatic heterocycles. The zero-order valence-corrected chi connectivity index (χ0v) is 30.1. The van der Waals surface area contributed by atoms with Crippen LogP contribution in [0.4, 0.5) is 4.39 Å². The van der Waals surface area contributed by atoms with Crippen LogP contribution in [-0.4, -0.2) is 130 Å². The van der Waals surface area contributed by atoms with E-state index >= 15 is 0 Å². The summed E-state index contributed by atoms with van der Waals surface area (Å²) in [4.78, 5) is 62.1. The van der Waals surface area contributed by atoms with Crippen LogP contribution in [0.2, 0.25) is 0 Å². The zero-order chi connectivity index (χ0) is 36.2. The molecule has 13 nitrogen and oxygen atoms in total. The van der Waals surface area contributed by atoms with E-state index in [1.807, 2.05) is 25.1 Å². The Morgan fingerprint density at radius 1 is 1.12 bits per heavy atom. The lowest BCUT2D eigenvalue weighted by molar-refractivity contribution is -0.145. The third-order valence-electron chi connectivity index (χ3n) is 9.65. The molecule has 274 valence electrons. The Morgan fingerprint density at radius 3 is 2.40 bits per heavy atom. The maximum Gasteiger partial charge on any atom is 0.304 e. The molecule has 15 heteroatoms. The van der Waals surface area contributed by atoms with Crippen molar-refractivity contribution >= 4 is 35.0 Å². The Balaban J connectivity index is 1.24. The zero-order valence-electron chi connectivity index (χ0n) is 29.2. The smallest absolute Gasteiger partial charge is 0.304 e. The number of carboxylic acids is 1. The van der Waals surface area contributed by atoms with Crippen LogP contribution < -0.4 is 15.4 Å². The molecule has 2 aliphatic heterocycles. The second-order valence-corrected chi connectivity index (χ2v) is 15.5. The van der Waals surface area contributed by atoms with E-state index in [2.05, 4.69) is 25.4 Å². The van der Waals surface area contributed by atoms with Crippen LogP contribution in [-0.2, 0) is 25.7 Å². The SMILES string of the molecule is Cc1ncsc1-c1ccc(CNC(=O)[C@@H]2C[C@@H](O)CN2C(=O)[C@@H](NC(=O)C2(F)CC2)C(C)(C)C)c(OCCN2CCN(CCC(=O)O)CC2)c1. The van der Waals surface area contributed by atoms with Gasteiger partial charge >= 0.3 is 5.97 Å². The molecule has 3 atom stereocenters. The van der Waals surface area contributed by atoms with E-state index in [-0.39, 0.29) is 38.8 Å². The van der Waals surface area contributed by atoms with Crippen molar-refractivity contribution in [2.24, 2.45) is 5.41 Å². The summed E-state index contributed by atoms with van der Waals surface area (Å²) in [5, 5.41) is 25.0. The van der Waals surface area contributed by atoms with E-state index in [4.69, 9.17) is 9.84 Å². The van der Waals surface area contributed by atoms with Gasteiger partial charge in [0.05, 0.1) is 28.6 Å². The molecule has 0 radical (unpaired) electrons. The molecule has 1 aromatic carbocycles. The third kappa shape index (κ3) is 9.36. The van der Waals surface area contributed by atoms with Crippen molar-refractivity contribution in [2.75, 3.05) is 52.4 Å². The quantitative estimate of drug-likeness (QED) is 0.228. The molecule has 1 aliphatic carbocycles. The number of aliphatic hydroxyl groups is 1. The lowest BCUT2D eigenvalue weighted by atomic mass is 9.85. The lowest BCUT2D eigenvalue weighted by Crippen LogP contribution is -2.59. The molecule has 3 aliphatic rings. The van der Waals surface area contributed by atoms with E-state index in [9.17, 15) is 28.7 Å². The number of aryl methyl sites for hydroxylation is 1. The average Bonchev–Trinajstić information content (AvgIpc) is 3.48. The summed E-state index contributed by atoms with van der Waals surface area (Å²) in [7, 11) is 0. The van der Waals surface area contributed by atoms with Gasteiger partial charge in [0.15, 0.2) is 5.67 Å². The second kappa shape index (κ2) is 15.7. The predicted molar refractivity (Wildman–Crippen MR) is 185 cm³/mol. The molecular weight excluding hydrogens is 667 g/mol. The van der Waals surface area contributed by atoms with Crippen LogP contribution in [0.15, 0.2) is 23.7 Å². The number of nitrogens with one attached hydrogen (secondary N) is 2. The van der Waals surface area contributed by atoms with E-state index < -0.39 is 53.0 Å². The highest BCUT2D eigenvalue weighted by molar-refractivity contribution is 7.13. The first-order chi connectivity index (χ1) is 23.6. The lowest BCUT2D eigenvalue weighted by Gasteiger charge is -2.35. The number of β-amino-alcohol motifs (C(OH)–C–C–N with tert-alkyl or cyclic N) is 1. The molecular formula is C35H49FN6O7S. The van der Waals surface area contributed by atoms with E-state index in [0.717, 1.165) is 47.9 Å². The molecule has 2 aromatic rings. The van der Waals surface area contributed by atoms with Crippen molar-refractivity contribution in [1.82, 2.24) is 30.3 Å². The number of carbonyl (C=O) groups excluding carboxylic acids is 3. The maximum atomic E-state index is 14.5. The molecule has 3 fully saturated rings. The van der Waals surface area contributed by atoms with Gasteiger partial charge in [-0.15, -0.1) is 11.3 Å². The molecule has 2 saturated heterocycles. The number of carboxylic acid groups (broad SMARTS) is 1. The molecule has 0 bridgehead atoms. The van der Waals surface area contributed by atoms with Crippen LogP contribution in [0.1, 0.15) is 57.7 Å². The minimum atomic E-state index is -1.96. The number of likely N-dealkylation sites (tertiary alicyclic amines) is 1. The van der Waals surface area contributed by atoms with E-state index in [1.165, 1.54) is 16.2 Å². The fourth-order valence-electron chi connectivity index (χ4n) is 6.35. The minimum Gasteiger partial charge on any atom is -0.492 e. The number of rotatable bonds is 14. The number of hydrogen-bond donors (Lipinski definition) is 4. The number of ether oxygens (including phenoxy) is 1. The van der Waals surface area contributed by atoms with Crippen molar-refractivity contribution in [3.63, 3.8) is 0 Å². The number of nitrogens with zero attached hydrogens (tertiary/aromatic N) is 4. The standard InChI is InChI=1S/C35H49FN6O7S/c1-22-29(50-21-38-22)23-5-6-24(27(17-23)49-16-15-41-13-11-40(12-14-41)10-7-28(44)45)19-37-31(46)26-18-25(43)20-42(26)32(47)30(34(2,3)4)39-33(48)35(36)8-9-35/h5-6,17,21,25-26,30,43H,7-16,18-20H2,1-4H3,(H,37,46)(H,39,48)(H,44,45)/t25-,26+,30-/m1/s1. The first-order valence-corrected chi connectivity index (χ1v) is 18.1. The van der Waals surface area contributed by atoms with E-state index in [0.29, 0.717) is 25.4 Å². The van der Waals surface area contributed by atoms with Gasteiger partial charge in [-0.25, -0.2) is 9.37 Å². The van der Waals surface area contributed by atoms with Gasteiger partial charge in [-0.05, 0) is 36.8 Å². The fourth-order valence-corrected chi connectivity index (χ4v) is 7.15. The first-order valence-electron chi connectivity index (χ1n) is 17.2. The molecule has 3 amide bonds. The number of piperazine rings is 1. The number of amides is 3. The van der Waals surface area contributed by atoms with Gasteiger partial charge in [-0.2, -0.15) is 0 Å². The van der Waals surface area contributed by atoms with E-state index in [1.54, 1.807) is 26.3 Å². The van der Waals surface area contributed by atoms with Crippen LogP contribution in [0.3, 0.4) is 0 Å². The van der Waals surface area contributed by atoms with Gasteiger partial charge in [0, 0.05) is 64.3 Å². The summed E-state index contributed by atoms with van der Waals surface area (Å²) in [6.07, 6.45) is -0.542. The van der Waals surface area contributed by atoms with Crippen molar-refractivity contribution in [3.05, 3.63) is 35.0 Å². The number of carbonyl (C=O) groups is 4. The number of halogens is 1. The van der Waals surface area contributed by atoms with Crippen LogP contribution in [0, 0.1) is 12.3 Å². The third-order valence-corrected chi connectivity index (χ3v) is 10.6. The van der Waals surface area contributed by atoms with Gasteiger partial charge in [-0.3, -0.25) is 24.1 Å². The van der Waals surface area contributed by atoms with Gasteiger partial charge in [-0.1, -0.05) is 32.9 Å². The Hall–Kier alpha value is -3.66. The highest BCUT2D eigenvalue weighted by Crippen LogP contribution is 2.40. The van der Waals surface area contributed by atoms with Crippen LogP contribution in [0.25, 0.3) is 10.4 Å². The first kappa shape index (κ1) is 37.6. The number of benzene rings is 1. The molecule has 3 heterocycles. The summed E-state index contributed by atoms with van der Waals surface area (Å²) >= 11 is 1.53. The Labute approximate surface area is 296 Å². The average molecular weight is 717 g/mol. The highest BCUT2D eigenvalue weighted by Gasteiger charge is 2.53. The number of aromatic nitrogens is 1. The minimum absolute atomic E-state index is 0.0337. The molecule has 5 rings (SSSR count). The molecule has 1 saturated carbocycles. The maximum absolute atomic E-state index is 14.5. The summed E-state index contributed by atoms with van der Waals surface area (Å²) in [6, 6.07) is 3.73. The Morgan fingerprint density at radius 2 is 1.80 bits per heavy atom. The second-order valence-electron chi connectivity index (χ2n) is 14.6. The van der Waals surface area contributed by atoms with Crippen molar-refractivity contribution in [3.8, 4) is 16.2 Å². The monoisotopic (exact) mass is 716 g/mol. The fraction of sp³-hybridized carbons (Fsp3) is 0.629. The van der Waals surface area contributed by atoms with Crippen LogP contribution in [0.5, 0.6) is 5.75 Å². The molecule has 0 unspecified atom stereocenters. The van der Waals surface area contributed by atoms with Gasteiger partial charge in [0.25, 0.3) is 5.91 Å². The van der Waals surface area contributed by atoms with Crippen molar-refractivity contribution in [1.29, 1.82) is 0 Å². The normalized spacial score (nSPS) is 21.4. The van der Waals surface area contributed by atoms with Gasteiger partial charge in [0.2, 0.25) is 11.8 Å². The highest BCUT2D eigenvalue weighted by atomic mass is 32.1. The number of aliphatic hydroxyl groups excluding tert-OH is 1. The molecule has 50 heavy (non-hydrogen) atoms. The largest absolute Gasteiger partial charge is 0.492 e. The van der Waals surface area contributed by atoms with Crippen molar-refractivity contribution in [2.45, 2.75) is 83.8 Å². The number of hydrogen-bond acceptors (Lipinski definition) is 10. The summed E-state index contributed by atoms with van der Waals surface area (Å²) in [5.41, 5.74) is 1.62. The topological polar surface area (TPSA) is 165 Å². The van der Waals surface area contributed by atoms with Gasteiger partial charge in [0.1, 0.15) is 24.4 Å². The van der Waals surface area contributed by atoms with Crippen LogP contribution >= 0.6 is 11.3 Å². The van der Waals surface area contributed by atoms with Crippen molar-refractivity contribution < 1.29 is 38.5 Å². The van der Waals surface area contributed by atoms with Gasteiger partial charge < -0.3 is 35.4 Å². The summed E-state index contributed by atoms with van der Waals surface area (Å²) in [6.45, 7) is 12.1. The summed E-state index contributed by atoms with van der Waals surface area (Å²) < 4.78 is 20.9. The number of alkyl halides is 1. The Kier molecular flexibility index (Phi) is 11.8. The predicted octanol–water partition coefficient (Wildman–Crippen LogP) is 2.20. The summed E-state index contributed by atoms with van der Waals surface area (Å²) in [5.74, 6) is -2.01.